The minimum atomic E-state index is 0.659. The molecule has 0 N–H and O–H groups in total. The molecule has 1 aromatic heterocycles. The van der Waals surface area contributed by atoms with Crippen molar-refractivity contribution in [1.82, 2.24) is 4.57 Å². The summed E-state index contributed by atoms with van der Waals surface area (Å²) in [5, 5.41) is 10.6. The summed E-state index contributed by atoms with van der Waals surface area (Å²) in [5.74, 6) is 0. The van der Waals surface area contributed by atoms with Crippen molar-refractivity contribution >= 4 is 10.9 Å². The van der Waals surface area contributed by atoms with Crippen LogP contribution in [0.25, 0.3) is 83.4 Å². The Morgan fingerprint density at radius 1 is 0.321 bits per heavy atom. The van der Waals surface area contributed by atoms with Gasteiger partial charge < -0.3 is 4.57 Å². The fraction of sp³-hybridized carbons (Fsp3) is 0. The molecule has 53 heavy (non-hydrogen) atoms. The van der Waals surface area contributed by atoms with Gasteiger partial charge >= 0.3 is 0 Å². The van der Waals surface area contributed by atoms with E-state index >= 15 is 0 Å². The Labute approximate surface area is 310 Å². The molecule has 0 unspecified atom stereocenters. The number of rotatable bonds is 7. The van der Waals surface area contributed by atoms with Crippen LogP contribution >= 0.6 is 0 Å². The molecule has 0 radical (unpaired) electrons. The summed E-state index contributed by atoms with van der Waals surface area (Å²) >= 11 is 0. The smallest absolute Gasteiger partial charge is 0.0991 e. The van der Waals surface area contributed by atoms with Crippen LogP contribution in [0.4, 0.5) is 0 Å². The van der Waals surface area contributed by atoms with Crippen molar-refractivity contribution in [3.63, 3.8) is 0 Å². The molecule has 0 aliphatic carbocycles. The largest absolute Gasteiger partial charge is 0.317 e. The first kappa shape index (κ1) is 31.7. The van der Waals surface area contributed by atoms with Crippen molar-refractivity contribution in [3.8, 4) is 78.5 Å². The maximum atomic E-state index is 9.44. The van der Waals surface area contributed by atoms with Crippen molar-refractivity contribution in [2.45, 2.75) is 0 Å². The second-order valence-electron chi connectivity index (χ2n) is 13.4. The molecule has 8 aromatic carbocycles. The van der Waals surface area contributed by atoms with Crippen LogP contribution in [0, 0.1) is 11.3 Å². The third-order valence-corrected chi connectivity index (χ3v) is 9.99. The molecule has 0 fully saturated rings. The van der Waals surface area contributed by atoms with Crippen molar-refractivity contribution in [2.24, 2.45) is 0 Å². The maximum absolute atomic E-state index is 9.44. The SMILES string of the molecule is N#Cc1cccc(-c2cccc(-n3ccc4cc(-c5cc(-c6ccccc6)cc(-c6cc(-c7ccccc7)cc(-c7ccccc7)c6)c5)ccc43)c2)c1. The van der Waals surface area contributed by atoms with Gasteiger partial charge in [-0.05, 0) is 146 Å². The van der Waals surface area contributed by atoms with E-state index in [1.165, 1.54) is 61.0 Å². The molecular formula is C51H34N2. The van der Waals surface area contributed by atoms with E-state index in [-0.39, 0.29) is 0 Å². The van der Waals surface area contributed by atoms with Gasteiger partial charge in [0.05, 0.1) is 17.1 Å². The van der Waals surface area contributed by atoms with Gasteiger partial charge in [-0.1, -0.05) is 121 Å². The fourth-order valence-electron chi connectivity index (χ4n) is 7.30. The minimum absolute atomic E-state index is 0.659. The van der Waals surface area contributed by atoms with Crippen LogP contribution < -0.4 is 0 Å². The summed E-state index contributed by atoms with van der Waals surface area (Å²) in [7, 11) is 0. The fourth-order valence-corrected chi connectivity index (χ4v) is 7.30. The quantitative estimate of drug-likeness (QED) is 0.165. The first-order valence-corrected chi connectivity index (χ1v) is 17.9. The zero-order valence-electron chi connectivity index (χ0n) is 29.0. The highest BCUT2D eigenvalue weighted by Gasteiger charge is 2.13. The molecule has 0 aliphatic heterocycles. The van der Waals surface area contributed by atoms with Gasteiger partial charge in [-0.15, -0.1) is 0 Å². The van der Waals surface area contributed by atoms with Gasteiger partial charge in [-0.3, -0.25) is 0 Å². The zero-order chi connectivity index (χ0) is 35.6. The lowest BCUT2D eigenvalue weighted by Gasteiger charge is -2.15. The van der Waals surface area contributed by atoms with Crippen LogP contribution in [-0.4, -0.2) is 4.57 Å². The monoisotopic (exact) mass is 674 g/mol. The van der Waals surface area contributed by atoms with Gasteiger partial charge in [0.1, 0.15) is 0 Å². The highest BCUT2D eigenvalue weighted by atomic mass is 15.0. The van der Waals surface area contributed by atoms with Crippen LogP contribution in [0.5, 0.6) is 0 Å². The van der Waals surface area contributed by atoms with E-state index in [0.717, 1.165) is 22.3 Å². The molecule has 248 valence electrons. The molecule has 0 amide bonds. The molecule has 9 aromatic rings. The number of nitrogens with zero attached hydrogens (tertiary/aromatic N) is 2. The summed E-state index contributed by atoms with van der Waals surface area (Å²) in [6.45, 7) is 0. The molecule has 9 rings (SSSR count). The van der Waals surface area contributed by atoms with E-state index in [0.29, 0.717) is 5.56 Å². The summed E-state index contributed by atoms with van der Waals surface area (Å²) in [5.41, 5.74) is 16.8. The number of hydrogen-bond donors (Lipinski definition) is 0. The minimum Gasteiger partial charge on any atom is -0.317 e. The van der Waals surface area contributed by atoms with Gasteiger partial charge in [0.15, 0.2) is 0 Å². The molecule has 0 bridgehead atoms. The average molecular weight is 675 g/mol. The highest BCUT2D eigenvalue weighted by Crippen LogP contribution is 2.38. The molecule has 0 saturated carbocycles. The number of aromatic nitrogens is 1. The van der Waals surface area contributed by atoms with Gasteiger partial charge in [0.25, 0.3) is 0 Å². The van der Waals surface area contributed by atoms with E-state index in [1.807, 2.05) is 18.2 Å². The molecule has 0 aliphatic rings. The lowest BCUT2D eigenvalue weighted by Crippen LogP contribution is -1.93. The molecule has 0 atom stereocenters. The molecule has 2 heteroatoms. The number of hydrogen-bond acceptors (Lipinski definition) is 1. The Hall–Kier alpha value is -7.21. The normalized spacial score (nSPS) is 11.0. The van der Waals surface area contributed by atoms with Crippen LogP contribution in [0.15, 0.2) is 206 Å². The highest BCUT2D eigenvalue weighted by molar-refractivity contribution is 5.90. The Kier molecular flexibility index (Phi) is 8.29. The second kappa shape index (κ2) is 13.8. The van der Waals surface area contributed by atoms with Crippen LogP contribution in [0.3, 0.4) is 0 Å². The Morgan fingerprint density at radius 3 is 1.28 bits per heavy atom. The van der Waals surface area contributed by atoms with Gasteiger partial charge in [-0.2, -0.15) is 5.26 Å². The number of benzene rings is 8. The molecule has 0 saturated heterocycles. The average Bonchev–Trinajstić information content (AvgIpc) is 3.68. The van der Waals surface area contributed by atoms with Crippen LogP contribution in [-0.2, 0) is 0 Å². The molecule has 1 heterocycles. The van der Waals surface area contributed by atoms with Gasteiger partial charge in [0, 0.05) is 17.3 Å². The molecule has 0 spiro atoms. The Morgan fingerprint density at radius 2 is 0.755 bits per heavy atom. The maximum Gasteiger partial charge on any atom is 0.0991 e. The number of nitriles is 1. The summed E-state index contributed by atoms with van der Waals surface area (Å²) in [6, 6.07) is 73.4. The third-order valence-electron chi connectivity index (χ3n) is 9.99. The molecular weight excluding hydrogens is 641 g/mol. The first-order valence-electron chi connectivity index (χ1n) is 17.9. The summed E-state index contributed by atoms with van der Waals surface area (Å²) < 4.78 is 2.24. The number of fused-ring (bicyclic) bond motifs is 1. The third kappa shape index (κ3) is 6.45. The lowest BCUT2D eigenvalue weighted by molar-refractivity contribution is 1.13. The lowest BCUT2D eigenvalue weighted by atomic mass is 9.90. The standard InChI is InChI=1S/C51H34N2/c52-35-36-12-10-19-40(26-36)41-20-11-21-50(34-41)53-25-24-43-27-42(22-23-51(43)53)47-29-46(39-17-8-3-9-18-39)32-49(33-47)48-30-44(37-13-4-1-5-14-37)28-45(31-48)38-15-6-2-7-16-38/h1-34H. The van der Waals surface area contributed by atoms with E-state index < -0.39 is 0 Å². The van der Waals surface area contributed by atoms with Crippen LogP contribution in [0.2, 0.25) is 0 Å². The van der Waals surface area contributed by atoms with Crippen molar-refractivity contribution in [1.29, 1.82) is 5.26 Å². The van der Waals surface area contributed by atoms with E-state index in [4.69, 9.17) is 0 Å². The van der Waals surface area contributed by atoms with Crippen molar-refractivity contribution in [2.75, 3.05) is 0 Å². The first-order chi connectivity index (χ1) is 26.2. The van der Waals surface area contributed by atoms with E-state index in [2.05, 4.69) is 199 Å². The summed E-state index contributed by atoms with van der Waals surface area (Å²) in [6.07, 6.45) is 2.14. The topological polar surface area (TPSA) is 28.7 Å². The second-order valence-corrected chi connectivity index (χ2v) is 13.4. The Balaban J connectivity index is 1.16. The van der Waals surface area contributed by atoms with Crippen LogP contribution in [0.1, 0.15) is 5.56 Å². The van der Waals surface area contributed by atoms with E-state index in [9.17, 15) is 5.26 Å². The van der Waals surface area contributed by atoms with E-state index in [1.54, 1.807) is 0 Å². The predicted octanol–water partition coefficient (Wildman–Crippen LogP) is 13.5. The molecule has 2 nitrogen and oxygen atoms in total. The van der Waals surface area contributed by atoms with Gasteiger partial charge in [-0.25, -0.2) is 0 Å². The van der Waals surface area contributed by atoms with Crippen molar-refractivity contribution in [3.05, 3.63) is 212 Å². The van der Waals surface area contributed by atoms with Gasteiger partial charge in [0.2, 0.25) is 0 Å². The predicted molar refractivity (Wildman–Crippen MR) is 221 cm³/mol. The Bertz CT molecular complexity index is 2710. The summed E-state index contributed by atoms with van der Waals surface area (Å²) in [4.78, 5) is 0. The van der Waals surface area contributed by atoms with Crippen molar-refractivity contribution < 1.29 is 0 Å². The zero-order valence-corrected chi connectivity index (χ0v) is 29.0.